The van der Waals surface area contributed by atoms with Crippen LogP contribution in [0.4, 0.5) is 11.4 Å². The SMILES string of the molecule is Cc1cccc(N2CCN([C@@H](c3ccc(N(C)C)cc3)c3nnnn3Cc3cccs3)CC2)c1C. The van der Waals surface area contributed by atoms with Crippen LogP contribution < -0.4 is 9.80 Å². The van der Waals surface area contributed by atoms with E-state index in [4.69, 9.17) is 0 Å². The Kier molecular flexibility index (Phi) is 6.83. The van der Waals surface area contributed by atoms with Crippen molar-refractivity contribution in [2.75, 3.05) is 50.1 Å². The van der Waals surface area contributed by atoms with Crippen LogP contribution in [0.2, 0.25) is 0 Å². The third kappa shape index (κ3) is 4.94. The molecule has 1 aliphatic rings. The highest BCUT2D eigenvalue weighted by Gasteiger charge is 2.31. The van der Waals surface area contributed by atoms with Crippen molar-refractivity contribution in [2.45, 2.75) is 26.4 Å². The van der Waals surface area contributed by atoms with Crippen molar-refractivity contribution in [3.05, 3.63) is 87.4 Å². The standard InChI is InChI=1S/C27H33N7S/c1-20-7-5-9-25(21(20)2)32-14-16-33(17-15-32)26(22-10-12-23(13-11-22)31(3)4)27-28-29-30-34(27)19-24-8-6-18-35-24/h5-13,18,26H,14-17,19H2,1-4H3/t26-/m0/s1. The highest BCUT2D eigenvalue weighted by atomic mass is 32.1. The molecule has 0 bridgehead atoms. The van der Waals surface area contributed by atoms with Gasteiger partial charge in [0.05, 0.1) is 12.6 Å². The lowest BCUT2D eigenvalue weighted by Gasteiger charge is -2.40. The molecule has 0 aliphatic carbocycles. The van der Waals surface area contributed by atoms with Crippen LogP contribution in [-0.2, 0) is 6.54 Å². The third-order valence-electron chi connectivity index (χ3n) is 7.01. The molecule has 0 unspecified atom stereocenters. The Morgan fingerprint density at radius 1 is 0.943 bits per heavy atom. The van der Waals surface area contributed by atoms with Crippen molar-refractivity contribution in [1.29, 1.82) is 0 Å². The molecule has 0 amide bonds. The fraction of sp³-hybridized carbons (Fsp3) is 0.370. The summed E-state index contributed by atoms with van der Waals surface area (Å²) in [5, 5.41) is 15.1. The zero-order chi connectivity index (χ0) is 24.4. The number of benzene rings is 2. The Balaban J connectivity index is 1.44. The van der Waals surface area contributed by atoms with Crippen LogP contribution in [-0.4, -0.2) is 65.4 Å². The van der Waals surface area contributed by atoms with Gasteiger partial charge in [0, 0.05) is 56.5 Å². The maximum Gasteiger partial charge on any atom is 0.173 e. The van der Waals surface area contributed by atoms with Gasteiger partial charge in [-0.2, -0.15) is 0 Å². The van der Waals surface area contributed by atoms with Gasteiger partial charge in [-0.3, -0.25) is 4.90 Å². The lowest BCUT2D eigenvalue weighted by atomic mass is 10.0. The summed E-state index contributed by atoms with van der Waals surface area (Å²) in [4.78, 5) is 8.42. The van der Waals surface area contributed by atoms with Gasteiger partial charge in [0.25, 0.3) is 0 Å². The van der Waals surface area contributed by atoms with Crippen LogP contribution in [0.5, 0.6) is 0 Å². The van der Waals surface area contributed by atoms with Gasteiger partial charge in [-0.05, 0) is 70.6 Å². The van der Waals surface area contributed by atoms with Crippen LogP contribution in [0.25, 0.3) is 0 Å². The maximum absolute atomic E-state index is 4.55. The van der Waals surface area contributed by atoms with Crippen molar-refractivity contribution in [2.24, 2.45) is 0 Å². The van der Waals surface area contributed by atoms with E-state index in [1.54, 1.807) is 11.3 Å². The Morgan fingerprint density at radius 3 is 2.40 bits per heavy atom. The molecular formula is C27H33N7S. The van der Waals surface area contributed by atoms with E-state index >= 15 is 0 Å². The maximum atomic E-state index is 4.55. The van der Waals surface area contributed by atoms with E-state index in [0.717, 1.165) is 32.0 Å². The van der Waals surface area contributed by atoms with E-state index in [1.165, 1.54) is 32.9 Å². The zero-order valence-corrected chi connectivity index (χ0v) is 21.7. The van der Waals surface area contributed by atoms with Gasteiger partial charge in [-0.15, -0.1) is 16.4 Å². The zero-order valence-electron chi connectivity index (χ0n) is 20.9. The molecule has 2 aromatic carbocycles. The monoisotopic (exact) mass is 487 g/mol. The van der Waals surface area contributed by atoms with Gasteiger partial charge >= 0.3 is 0 Å². The first kappa shape index (κ1) is 23.5. The minimum Gasteiger partial charge on any atom is -0.378 e. The van der Waals surface area contributed by atoms with Crippen LogP contribution in [0.3, 0.4) is 0 Å². The highest BCUT2D eigenvalue weighted by Crippen LogP contribution is 2.31. The number of hydrogen-bond acceptors (Lipinski definition) is 7. The summed E-state index contributed by atoms with van der Waals surface area (Å²) in [6, 6.07) is 19.6. The van der Waals surface area contributed by atoms with Crippen molar-refractivity contribution < 1.29 is 0 Å². The Hall–Kier alpha value is -3.23. The van der Waals surface area contributed by atoms with Gasteiger partial charge < -0.3 is 9.80 Å². The van der Waals surface area contributed by atoms with E-state index in [0.29, 0.717) is 6.54 Å². The Labute approximate surface area is 211 Å². The molecule has 2 aromatic heterocycles. The van der Waals surface area contributed by atoms with E-state index in [9.17, 15) is 0 Å². The number of piperazine rings is 1. The predicted octanol–water partition coefficient (Wildman–Crippen LogP) is 4.38. The summed E-state index contributed by atoms with van der Waals surface area (Å²) in [5.74, 6) is 0.899. The average Bonchev–Trinajstić information content (AvgIpc) is 3.55. The van der Waals surface area contributed by atoms with Crippen LogP contribution >= 0.6 is 11.3 Å². The molecule has 7 nitrogen and oxygen atoms in total. The first-order chi connectivity index (χ1) is 17.0. The summed E-state index contributed by atoms with van der Waals surface area (Å²) < 4.78 is 1.97. The first-order valence-electron chi connectivity index (χ1n) is 12.1. The van der Waals surface area contributed by atoms with E-state index in [-0.39, 0.29) is 6.04 Å². The molecule has 35 heavy (non-hydrogen) atoms. The van der Waals surface area contributed by atoms with Gasteiger partial charge in [-0.25, -0.2) is 4.68 Å². The number of thiophene rings is 1. The lowest BCUT2D eigenvalue weighted by Crippen LogP contribution is -2.48. The van der Waals surface area contributed by atoms with Gasteiger partial charge in [0.2, 0.25) is 0 Å². The summed E-state index contributed by atoms with van der Waals surface area (Å²) in [6.07, 6.45) is 0. The van der Waals surface area contributed by atoms with E-state index in [2.05, 4.69) is 118 Å². The summed E-state index contributed by atoms with van der Waals surface area (Å²) in [6.45, 7) is 8.94. The minimum absolute atomic E-state index is 0.00179. The Morgan fingerprint density at radius 2 is 1.71 bits per heavy atom. The fourth-order valence-corrected chi connectivity index (χ4v) is 5.53. The number of anilines is 2. The molecule has 0 saturated carbocycles. The largest absolute Gasteiger partial charge is 0.378 e. The van der Waals surface area contributed by atoms with Crippen molar-refractivity contribution in [1.82, 2.24) is 25.1 Å². The molecule has 0 radical (unpaired) electrons. The summed E-state index contributed by atoms with van der Waals surface area (Å²) >= 11 is 1.74. The van der Waals surface area contributed by atoms with Gasteiger partial charge in [0.1, 0.15) is 0 Å². The third-order valence-corrected chi connectivity index (χ3v) is 7.87. The second kappa shape index (κ2) is 10.2. The predicted molar refractivity (Wildman–Crippen MR) is 144 cm³/mol. The van der Waals surface area contributed by atoms with Crippen molar-refractivity contribution in [3.63, 3.8) is 0 Å². The number of aryl methyl sites for hydroxylation is 1. The molecule has 4 aromatic rings. The summed E-state index contributed by atoms with van der Waals surface area (Å²) in [5.41, 5.74) is 6.47. The quantitative estimate of drug-likeness (QED) is 0.386. The van der Waals surface area contributed by atoms with Gasteiger partial charge in [-0.1, -0.05) is 30.3 Å². The topological polar surface area (TPSA) is 53.3 Å². The molecule has 182 valence electrons. The number of rotatable bonds is 7. The molecule has 5 rings (SSSR count). The van der Waals surface area contributed by atoms with Crippen LogP contribution in [0.1, 0.15) is 33.4 Å². The summed E-state index contributed by atoms with van der Waals surface area (Å²) in [7, 11) is 4.14. The lowest BCUT2D eigenvalue weighted by molar-refractivity contribution is 0.201. The normalized spacial score (nSPS) is 15.4. The van der Waals surface area contributed by atoms with Crippen molar-refractivity contribution >= 4 is 22.7 Å². The average molecular weight is 488 g/mol. The van der Waals surface area contributed by atoms with Gasteiger partial charge in [0.15, 0.2) is 5.82 Å². The molecule has 1 aliphatic heterocycles. The molecule has 1 saturated heterocycles. The first-order valence-corrected chi connectivity index (χ1v) is 13.0. The molecule has 3 heterocycles. The molecule has 8 heteroatoms. The molecule has 1 fully saturated rings. The number of hydrogen-bond donors (Lipinski definition) is 0. The number of nitrogens with zero attached hydrogens (tertiary/aromatic N) is 7. The number of aromatic nitrogens is 4. The second-order valence-corrected chi connectivity index (χ2v) is 10.4. The van der Waals surface area contributed by atoms with E-state index in [1.807, 2.05) is 4.68 Å². The molecule has 1 atom stereocenters. The second-order valence-electron chi connectivity index (χ2n) is 9.40. The molecule has 0 spiro atoms. The minimum atomic E-state index is 0.00179. The Bertz CT molecular complexity index is 1240. The van der Waals surface area contributed by atoms with Crippen LogP contribution in [0.15, 0.2) is 60.0 Å². The molecular weight excluding hydrogens is 454 g/mol. The fourth-order valence-electron chi connectivity index (χ4n) is 4.85. The van der Waals surface area contributed by atoms with Crippen molar-refractivity contribution in [3.8, 4) is 0 Å². The number of tetrazole rings is 1. The smallest absolute Gasteiger partial charge is 0.173 e. The van der Waals surface area contributed by atoms with E-state index < -0.39 is 0 Å². The van der Waals surface area contributed by atoms with Crippen LogP contribution in [0, 0.1) is 13.8 Å². The molecule has 0 N–H and O–H groups in total. The highest BCUT2D eigenvalue weighted by molar-refractivity contribution is 7.09.